The van der Waals surface area contributed by atoms with Gasteiger partial charge in [-0.2, -0.15) is 0 Å². The van der Waals surface area contributed by atoms with Crippen molar-refractivity contribution in [2.45, 2.75) is 19.3 Å². The number of carbonyl (C=O) groups is 1. The molecule has 2 aromatic heterocycles. The number of benzene rings is 1. The monoisotopic (exact) mass is 325 g/mol. The summed E-state index contributed by atoms with van der Waals surface area (Å²) in [5.74, 6) is 1.58. The number of likely N-dealkylation sites (tertiary alicyclic amines) is 1. The maximum atomic E-state index is 12.8. The van der Waals surface area contributed by atoms with Gasteiger partial charge in [0.15, 0.2) is 0 Å². The minimum absolute atomic E-state index is 0.152. The molecule has 1 saturated heterocycles. The zero-order valence-electron chi connectivity index (χ0n) is 13.3. The van der Waals surface area contributed by atoms with Gasteiger partial charge in [-0.1, -0.05) is 18.2 Å². The number of rotatable bonds is 2. The maximum absolute atomic E-state index is 12.8. The van der Waals surface area contributed by atoms with Gasteiger partial charge in [0, 0.05) is 37.0 Å². The van der Waals surface area contributed by atoms with E-state index in [9.17, 15) is 4.79 Å². The summed E-state index contributed by atoms with van der Waals surface area (Å²) in [5.41, 5.74) is 1.04. The molecule has 1 amide bonds. The van der Waals surface area contributed by atoms with E-state index in [0.717, 1.165) is 41.3 Å². The lowest BCUT2D eigenvalue weighted by Crippen LogP contribution is -2.28. The molecular formula is C18H19N3OS. The van der Waals surface area contributed by atoms with Crippen molar-refractivity contribution >= 4 is 27.3 Å². The van der Waals surface area contributed by atoms with Gasteiger partial charge in [-0.3, -0.25) is 4.79 Å². The Kier molecular flexibility index (Phi) is 3.45. The highest BCUT2D eigenvalue weighted by atomic mass is 32.1. The van der Waals surface area contributed by atoms with Gasteiger partial charge in [-0.25, -0.2) is 4.98 Å². The average Bonchev–Trinajstić information content (AvgIpc) is 3.24. The van der Waals surface area contributed by atoms with Crippen LogP contribution in [0.25, 0.3) is 10.1 Å². The number of amides is 1. The van der Waals surface area contributed by atoms with Gasteiger partial charge in [-0.15, -0.1) is 11.3 Å². The molecule has 5 heteroatoms. The van der Waals surface area contributed by atoms with Crippen LogP contribution in [0.15, 0.2) is 36.5 Å². The summed E-state index contributed by atoms with van der Waals surface area (Å²) >= 11 is 1.58. The fourth-order valence-corrected chi connectivity index (χ4v) is 4.44. The molecule has 3 aromatic rings. The van der Waals surface area contributed by atoms with Gasteiger partial charge in [0.1, 0.15) is 5.82 Å². The molecule has 4 nitrogen and oxygen atoms in total. The van der Waals surface area contributed by atoms with Gasteiger partial charge in [0.25, 0.3) is 5.91 Å². The van der Waals surface area contributed by atoms with Crippen LogP contribution >= 0.6 is 11.3 Å². The van der Waals surface area contributed by atoms with Gasteiger partial charge in [0.2, 0.25) is 0 Å². The van der Waals surface area contributed by atoms with Crippen LogP contribution in [0.5, 0.6) is 0 Å². The lowest BCUT2D eigenvalue weighted by molar-refractivity contribution is 0.0795. The summed E-state index contributed by atoms with van der Waals surface area (Å²) in [6.45, 7) is 3.58. The topological polar surface area (TPSA) is 38.1 Å². The molecule has 1 atom stereocenters. The van der Waals surface area contributed by atoms with Gasteiger partial charge < -0.3 is 9.47 Å². The Bertz CT molecular complexity index is 846. The molecule has 0 unspecified atom stereocenters. The third-order valence-electron chi connectivity index (χ3n) is 4.51. The zero-order chi connectivity index (χ0) is 16.0. The molecule has 0 N–H and O–H groups in total. The molecular weight excluding hydrogens is 306 g/mol. The van der Waals surface area contributed by atoms with E-state index in [1.165, 1.54) is 4.70 Å². The Labute approximate surface area is 139 Å². The van der Waals surface area contributed by atoms with Crippen molar-refractivity contribution < 1.29 is 4.79 Å². The first-order valence-electron chi connectivity index (χ1n) is 7.89. The SMILES string of the molecule is Cc1cn(C)c([C@H]2CCN(C(=O)c3cc4ccccc4s3)C2)n1. The first-order chi connectivity index (χ1) is 11.1. The van der Waals surface area contributed by atoms with Crippen LogP contribution in [-0.2, 0) is 7.05 Å². The van der Waals surface area contributed by atoms with Crippen LogP contribution in [0.1, 0.15) is 33.5 Å². The molecule has 23 heavy (non-hydrogen) atoms. The van der Waals surface area contributed by atoms with Crippen LogP contribution < -0.4 is 0 Å². The molecule has 3 heterocycles. The Hall–Kier alpha value is -2.14. The number of fused-ring (bicyclic) bond motifs is 1. The molecule has 1 aliphatic heterocycles. The van der Waals surface area contributed by atoms with E-state index < -0.39 is 0 Å². The Morgan fingerprint density at radius 2 is 2.17 bits per heavy atom. The smallest absolute Gasteiger partial charge is 0.263 e. The highest BCUT2D eigenvalue weighted by Gasteiger charge is 2.31. The molecule has 0 radical (unpaired) electrons. The maximum Gasteiger partial charge on any atom is 0.263 e. The van der Waals surface area contributed by atoms with Gasteiger partial charge in [0.05, 0.1) is 10.6 Å². The highest BCUT2D eigenvalue weighted by Crippen LogP contribution is 2.31. The van der Waals surface area contributed by atoms with Gasteiger partial charge >= 0.3 is 0 Å². The summed E-state index contributed by atoms with van der Waals surface area (Å²) in [6, 6.07) is 10.2. The molecule has 1 fully saturated rings. The van der Waals surface area contributed by atoms with Crippen molar-refractivity contribution in [1.82, 2.24) is 14.5 Å². The average molecular weight is 325 g/mol. The van der Waals surface area contributed by atoms with E-state index in [1.54, 1.807) is 11.3 Å². The fourth-order valence-electron chi connectivity index (χ4n) is 3.41. The minimum Gasteiger partial charge on any atom is -0.337 e. The number of imidazole rings is 1. The van der Waals surface area contributed by atoms with Crippen molar-refractivity contribution in [3.05, 3.63) is 52.9 Å². The molecule has 118 valence electrons. The van der Waals surface area contributed by atoms with E-state index in [0.29, 0.717) is 5.92 Å². The predicted molar refractivity (Wildman–Crippen MR) is 93.0 cm³/mol. The third kappa shape index (κ3) is 2.55. The number of nitrogens with zero attached hydrogens (tertiary/aromatic N) is 3. The van der Waals surface area contributed by atoms with Crippen molar-refractivity contribution in [3.63, 3.8) is 0 Å². The summed E-state index contributed by atoms with van der Waals surface area (Å²) in [4.78, 5) is 20.2. The number of hydrogen-bond donors (Lipinski definition) is 0. The quantitative estimate of drug-likeness (QED) is 0.722. The number of carbonyl (C=O) groups excluding carboxylic acids is 1. The van der Waals surface area contributed by atoms with Crippen LogP contribution in [0.4, 0.5) is 0 Å². The third-order valence-corrected chi connectivity index (χ3v) is 5.61. The fraction of sp³-hybridized carbons (Fsp3) is 0.333. The zero-order valence-corrected chi connectivity index (χ0v) is 14.1. The second-order valence-corrected chi connectivity index (χ2v) is 7.32. The Morgan fingerprint density at radius 1 is 1.35 bits per heavy atom. The summed E-state index contributed by atoms with van der Waals surface area (Å²) < 4.78 is 3.26. The number of hydrogen-bond acceptors (Lipinski definition) is 3. The van der Waals surface area contributed by atoms with Crippen molar-refractivity contribution in [2.24, 2.45) is 7.05 Å². The Morgan fingerprint density at radius 3 is 2.91 bits per heavy atom. The van der Waals surface area contributed by atoms with E-state index in [4.69, 9.17) is 0 Å². The lowest BCUT2D eigenvalue weighted by atomic mass is 10.1. The van der Waals surface area contributed by atoms with E-state index in [2.05, 4.69) is 21.7 Å². The first kappa shape index (κ1) is 14.5. The molecule has 0 bridgehead atoms. The van der Waals surface area contributed by atoms with Crippen molar-refractivity contribution in [1.29, 1.82) is 0 Å². The summed E-state index contributed by atoms with van der Waals surface area (Å²) in [5, 5.41) is 1.15. The molecule has 1 aromatic carbocycles. The lowest BCUT2D eigenvalue weighted by Gasteiger charge is -2.15. The van der Waals surface area contributed by atoms with Crippen LogP contribution in [0.3, 0.4) is 0 Å². The molecule has 1 aliphatic rings. The number of aryl methyl sites for hydroxylation is 2. The molecule has 0 aliphatic carbocycles. The highest BCUT2D eigenvalue weighted by molar-refractivity contribution is 7.20. The number of thiophene rings is 1. The van der Waals surface area contributed by atoms with E-state index >= 15 is 0 Å². The standard InChI is InChI=1S/C18H19N3OS/c1-12-10-20(2)17(19-12)14-7-8-21(11-14)18(22)16-9-13-5-3-4-6-15(13)23-16/h3-6,9-10,14H,7-8,11H2,1-2H3/t14-/m0/s1. The van der Waals surface area contributed by atoms with Crippen LogP contribution in [0.2, 0.25) is 0 Å². The van der Waals surface area contributed by atoms with Crippen molar-refractivity contribution in [3.8, 4) is 0 Å². The molecule has 0 saturated carbocycles. The van der Waals surface area contributed by atoms with Crippen LogP contribution in [-0.4, -0.2) is 33.4 Å². The largest absolute Gasteiger partial charge is 0.337 e. The normalized spacial score (nSPS) is 18.0. The number of aromatic nitrogens is 2. The minimum atomic E-state index is 0.152. The Balaban J connectivity index is 1.55. The summed E-state index contributed by atoms with van der Waals surface area (Å²) in [7, 11) is 2.03. The first-order valence-corrected chi connectivity index (χ1v) is 8.71. The predicted octanol–water partition coefficient (Wildman–Crippen LogP) is 3.57. The van der Waals surface area contributed by atoms with E-state index in [1.807, 2.05) is 43.3 Å². The second kappa shape index (κ2) is 5.49. The summed E-state index contributed by atoms with van der Waals surface area (Å²) in [6.07, 6.45) is 3.03. The van der Waals surface area contributed by atoms with Crippen molar-refractivity contribution in [2.75, 3.05) is 13.1 Å². The molecule has 0 spiro atoms. The van der Waals surface area contributed by atoms with E-state index in [-0.39, 0.29) is 5.91 Å². The van der Waals surface area contributed by atoms with Gasteiger partial charge in [-0.05, 0) is 30.9 Å². The molecule has 4 rings (SSSR count). The second-order valence-electron chi connectivity index (χ2n) is 6.24. The van der Waals surface area contributed by atoms with Crippen LogP contribution in [0, 0.1) is 6.92 Å².